The first-order chi connectivity index (χ1) is 18.7. The number of hydrogen-bond acceptors (Lipinski definition) is 5. The Kier molecular flexibility index (Phi) is 10.2. The van der Waals surface area contributed by atoms with Gasteiger partial charge in [-0.2, -0.15) is 0 Å². The first kappa shape index (κ1) is 30.6. The molecule has 2 unspecified atom stereocenters. The van der Waals surface area contributed by atoms with Crippen LogP contribution in [-0.2, 0) is 14.4 Å². The molecule has 0 saturated heterocycles. The van der Waals surface area contributed by atoms with Crippen molar-refractivity contribution in [2.45, 2.75) is 32.4 Å². The van der Waals surface area contributed by atoms with Gasteiger partial charge in [0.2, 0.25) is 0 Å². The van der Waals surface area contributed by atoms with Crippen LogP contribution in [0.25, 0.3) is 16.8 Å². The van der Waals surface area contributed by atoms with Gasteiger partial charge in [0.1, 0.15) is 0 Å². The van der Waals surface area contributed by atoms with E-state index < -0.39 is 42.2 Å². The van der Waals surface area contributed by atoms with E-state index in [1.165, 1.54) is 15.7 Å². The molecule has 0 bridgehead atoms. The molecule has 0 aliphatic carbocycles. The summed E-state index contributed by atoms with van der Waals surface area (Å²) in [5, 5.41) is 14.5. The molecular weight excluding hydrogens is 523 g/mol. The number of pyridine rings is 1. The van der Waals surface area contributed by atoms with E-state index in [0.717, 1.165) is 5.56 Å². The summed E-state index contributed by atoms with van der Waals surface area (Å²) in [7, 11) is 0. The molecule has 202 valence electrons. The SMILES string of the molecule is CCN1C=C(C)C(=O)C(NC(=O)NC(CC(=O)O)c2cccc(-n3cccc(-c4ccccc4)c3=O)c2)C1=O.[NaH]. The van der Waals surface area contributed by atoms with Crippen LogP contribution in [0.3, 0.4) is 0 Å². The van der Waals surface area contributed by atoms with Crippen LogP contribution in [0.15, 0.2) is 89.5 Å². The van der Waals surface area contributed by atoms with Gasteiger partial charge in [-0.3, -0.25) is 23.7 Å². The summed E-state index contributed by atoms with van der Waals surface area (Å²) >= 11 is 0. The van der Waals surface area contributed by atoms with Crippen LogP contribution >= 0.6 is 0 Å². The molecule has 2 heterocycles. The number of carboxylic acids is 1. The van der Waals surface area contributed by atoms with Crippen molar-refractivity contribution in [1.29, 1.82) is 0 Å². The standard InChI is InChI=1S/C29H28N4O6.Na.H/c1-3-32-17-18(2)26(36)25(28(32)38)31-29(39)30-23(16-24(34)35)20-11-7-12-21(15-20)33-14-8-13-22(27(33)37)19-9-5-4-6-10-19;;/h4-15,17,23,25H,3,16H2,1-2H3,(H,34,35)(H2,30,31,39);;. The van der Waals surface area contributed by atoms with Gasteiger partial charge in [-0.05, 0) is 49.2 Å². The number of aliphatic carboxylic acids is 1. The number of aromatic nitrogens is 1. The van der Waals surface area contributed by atoms with Crippen LogP contribution < -0.4 is 16.2 Å². The van der Waals surface area contributed by atoms with E-state index >= 15 is 0 Å². The second kappa shape index (κ2) is 13.4. The number of urea groups is 1. The van der Waals surface area contributed by atoms with Crippen LogP contribution in [0.4, 0.5) is 4.79 Å². The number of carboxylic acid groups (broad SMARTS) is 1. The summed E-state index contributed by atoms with van der Waals surface area (Å²) in [6.45, 7) is 3.62. The van der Waals surface area contributed by atoms with Crippen LogP contribution in [0.2, 0.25) is 0 Å². The molecule has 10 nitrogen and oxygen atoms in total. The van der Waals surface area contributed by atoms with Gasteiger partial charge in [-0.25, -0.2) is 4.79 Å². The topological polar surface area (TPSA) is 138 Å². The zero-order valence-electron chi connectivity index (χ0n) is 21.5. The van der Waals surface area contributed by atoms with Gasteiger partial charge in [0.25, 0.3) is 11.5 Å². The quantitative estimate of drug-likeness (QED) is 0.290. The number of ketones is 1. The van der Waals surface area contributed by atoms with Gasteiger partial charge < -0.3 is 20.6 Å². The molecule has 2 atom stereocenters. The second-order valence-electron chi connectivity index (χ2n) is 9.06. The first-order valence-corrected chi connectivity index (χ1v) is 12.4. The van der Waals surface area contributed by atoms with Crippen molar-refractivity contribution in [3.63, 3.8) is 0 Å². The number of benzene rings is 2. The fourth-order valence-electron chi connectivity index (χ4n) is 4.43. The normalized spacial score (nSPS) is 15.5. The van der Waals surface area contributed by atoms with Crippen molar-refractivity contribution in [3.05, 3.63) is 101 Å². The molecule has 0 saturated carbocycles. The Bertz CT molecular complexity index is 1520. The van der Waals surface area contributed by atoms with E-state index in [0.29, 0.717) is 28.9 Å². The third-order valence-corrected chi connectivity index (χ3v) is 6.41. The molecule has 11 heteroatoms. The number of amides is 3. The summed E-state index contributed by atoms with van der Waals surface area (Å²) in [6.07, 6.45) is 2.58. The van der Waals surface area contributed by atoms with E-state index in [1.54, 1.807) is 56.4 Å². The number of carbonyl (C=O) groups is 4. The fraction of sp³-hybridized carbons (Fsp3) is 0.207. The Morgan fingerprint density at radius 1 is 1.00 bits per heavy atom. The van der Waals surface area contributed by atoms with E-state index in [4.69, 9.17) is 0 Å². The molecule has 0 radical (unpaired) electrons. The van der Waals surface area contributed by atoms with E-state index in [-0.39, 0.29) is 35.1 Å². The summed E-state index contributed by atoms with van der Waals surface area (Å²) in [5.41, 5.74) is 2.21. The number of nitrogens with zero attached hydrogens (tertiary/aromatic N) is 2. The predicted molar refractivity (Wildman–Crippen MR) is 151 cm³/mol. The average Bonchev–Trinajstić information content (AvgIpc) is 2.93. The van der Waals surface area contributed by atoms with Gasteiger partial charge in [0, 0.05) is 35.8 Å². The van der Waals surface area contributed by atoms with Crippen LogP contribution in [0.1, 0.15) is 31.9 Å². The van der Waals surface area contributed by atoms with Gasteiger partial charge in [0.15, 0.2) is 11.8 Å². The second-order valence-corrected chi connectivity index (χ2v) is 9.06. The van der Waals surface area contributed by atoms with E-state index in [2.05, 4.69) is 10.6 Å². The Morgan fingerprint density at radius 3 is 2.40 bits per heavy atom. The third-order valence-electron chi connectivity index (χ3n) is 6.41. The van der Waals surface area contributed by atoms with Gasteiger partial charge in [-0.15, -0.1) is 0 Å². The molecule has 2 aromatic carbocycles. The van der Waals surface area contributed by atoms with Crippen LogP contribution in [0.5, 0.6) is 0 Å². The van der Waals surface area contributed by atoms with Crippen molar-refractivity contribution >= 4 is 53.2 Å². The molecular formula is C29H29N4NaO6. The summed E-state index contributed by atoms with van der Waals surface area (Å²) in [5.74, 6) is -2.28. The van der Waals surface area contributed by atoms with Gasteiger partial charge >= 0.3 is 41.6 Å². The Labute approximate surface area is 253 Å². The summed E-state index contributed by atoms with van der Waals surface area (Å²) < 4.78 is 1.44. The number of Topliss-reactive ketones (excluding diaryl/α,β-unsaturated/α-hetero) is 1. The number of nitrogens with one attached hydrogen (secondary N) is 2. The third kappa shape index (κ3) is 6.77. The number of rotatable bonds is 8. The van der Waals surface area contributed by atoms with E-state index in [9.17, 15) is 29.1 Å². The van der Waals surface area contributed by atoms with Crippen molar-refractivity contribution < 1.29 is 24.3 Å². The fourth-order valence-corrected chi connectivity index (χ4v) is 4.43. The number of hydrogen-bond donors (Lipinski definition) is 3. The van der Waals surface area contributed by atoms with Crippen LogP contribution in [0, 0.1) is 0 Å². The molecule has 3 N–H and O–H groups in total. The minimum atomic E-state index is -1.41. The first-order valence-electron chi connectivity index (χ1n) is 12.4. The molecule has 1 aliphatic rings. The van der Waals surface area contributed by atoms with Crippen molar-refractivity contribution in [1.82, 2.24) is 20.1 Å². The minimum absolute atomic E-state index is 0. The van der Waals surface area contributed by atoms with Gasteiger partial charge in [0.05, 0.1) is 12.5 Å². The number of carbonyl (C=O) groups excluding carboxylic acids is 3. The molecule has 40 heavy (non-hydrogen) atoms. The zero-order chi connectivity index (χ0) is 28.1. The molecule has 0 spiro atoms. The summed E-state index contributed by atoms with van der Waals surface area (Å²) in [6, 6.07) is 16.0. The molecule has 3 amide bonds. The number of likely N-dealkylation sites (N-methyl/N-ethyl adjacent to an activating group) is 1. The zero-order valence-corrected chi connectivity index (χ0v) is 21.5. The van der Waals surface area contributed by atoms with E-state index in [1.807, 2.05) is 30.3 Å². The van der Waals surface area contributed by atoms with Crippen LogP contribution in [-0.4, -0.2) is 80.4 Å². The van der Waals surface area contributed by atoms with Gasteiger partial charge in [-0.1, -0.05) is 42.5 Å². The Hall–Kier alpha value is -3.99. The Morgan fingerprint density at radius 2 is 1.73 bits per heavy atom. The Balaban J connectivity index is 0.00000441. The molecule has 0 fully saturated rings. The molecule has 1 aromatic heterocycles. The molecule has 3 aromatic rings. The van der Waals surface area contributed by atoms with Crippen molar-refractivity contribution in [2.75, 3.05) is 6.54 Å². The van der Waals surface area contributed by atoms with Crippen molar-refractivity contribution in [3.8, 4) is 16.8 Å². The predicted octanol–water partition coefficient (Wildman–Crippen LogP) is 2.37. The summed E-state index contributed by atoms with van der Waals surface area (Å²) in [4.78, 5) is 64.3. The van der Waals surface area contributed by atoms with Crippen molar-refractivity contribution in [2.24, 2.45) is 0 Å². The maximum atomic E-state index is 13.3. The molecule has 4 rings (SSSR count). The average molecular weight is 553 g/mol. The molecule has 1 aliphatic heterocycles. The monoisotopic (exact) mass is 552 g/mol. The maximum absolute atomic E-state index is 13.3.